The van der Waals surface area contributed by atoms with Crippen molar-refractivity contribution in [2.75, 3.05) is 0 Å². The number of tetrazole rings is 1. The summed E-state index contributed by atoms with van der Waals surface area (Å²) in [6.07, 6.45) is 0. The van der Waals surface area contributed by atoms with Crippen LogP contribution in [0.5, 0.6) is 0 Å². The molecule has 0 spiro atoms. The highest BCUT2D eigenvalue weighted by molar-refractivity contribution is 14.1. The fourth-order valence-electron chi connectivity index (χ4n) is 1.71. The topological polar surface area (TPSA) is 80.9 Å². The number of hydrogen-bond acceptors (Lipinski definition) is 4. The zero-order valence-corrected chi connectivity index (χ0v) is 12.6. The van der Waals surface area contributed by atoms with Crippen LogP contribution in [-0.4, -0.2) is 31.3 Å². The molecule has 0 amide bonds. The molecule has 2 aromatic rings. The highest BCUT2D eigenvalue weighted by Crippen LogP contribution is 2.26. The molecule has 1 aromatic carbocycles. The van der Waals surface area contributed by atoms with Crippen molar-refractivity contribution in [3.05, 3.63) is 27.8 Å². The van der Waals surface area contributed by atoms with Gasteiger partial charge < -0.3 is 5.11 Å². The lowest BCUT2D eigenvalue weighted by molar-refractivity contribution is -0.142. The number of carboxylic acid groups (broad SMARTS) is 1. The highest BCUT2D eigenvalue weighted by Gasteiger charge is 2.25. The van der Waals surface area contributed by atoms with Gasteiger partial charge in [0.15, 0.2) is 5.82 Å². The van der Waals surface area contributed by atoms with Gasteiger partial charge in [-0.25, -0.2) is 4.68 Å². The number of halogens is 1. The Labute approximate surface area is 124 Å². The molecule has 2 rings (SSSR count). The third-order valence-electron chi connectivity index (χ3n) is 3.11. The van der Waals surface area contributed by atoms with Gasteiger partial charge in [-0.3, -0.25) is 4.79 Å². The number of benzene rings is 1. The van der Waals surface area contributed by atoms with Crippen molar-refractivity contribution in [1.29, 1.82) is 0 Å². The van der Waals surface area contributed by atoms with Gasteiger partial charge in [0.1, 0.15) is 0 Å². The summed E-state index contributed by atoms with van der Waals surface area (Å²) in [5, 5.41) is 20.7. The van der Waals surface area contributed by atoms with Crippen LogP contribution in [0.15, 0.2) is 24.3 Å². The molecule has 7 heteroatoms. The Hall–Kier alpha value is -1.51. The van der Waals surface area contributed by atoms with Gasteiger partial charge in [0.25, 0.3) is 0 Å². The predicted octanol–water partition coefficient (Wildman–Crippen LogP) is 2.23. The first-order valence-corrected chi connectivity index (χ1v) is 6.85. The molecule has 19 heavy (non-hydrogen) atoms. The van der Waals surface area contributed by atoms with Crippen LogP contribution in [0, 0.1) is 9.49 Å². The van der Waals surface area contributed by atoms with Crippen molar-refractivity contribution in [2.45, 2.75) is 19.9 Å². The van der Waals surface area contributed by atoms with E-state index in [-0.39, 0.29) is 6.04 Å². The van der Waals surface area contributed by atoms with E-state index in [9.17, 15) is 4.79 Å². The second kappa shape index (κ2) is 5.64. The van der Waals surface area contributed by atoms with Gasteiger partial charge in [0.05, 0.1) is 12.0 Å². The van der Waals surface area contributed by atoms with Crippen LogP contribution in [0.1, 0.15) is 19.9 Å². The molecule has 100 valence electrons. The summed E-state index contributed by atoms with van der Waals surface area (Å²) in [4.78, 5) is 11.1. The molecule has 0 aliphatic heterocycles. The van der Waals surface area contributed by atoms with Crippen molar-refractivity contribution < 1.29 is 9.90 Å². The van der Waals surface area contributed by atoms with E-state index in [1.54, 1.807) is 18.5 Å². The number of carboxylic acids is 1. The average molecular weight is 372 g/mol. The second-order valence-electron chi connectivity index (χ2n) is 4.29. The summed E-state index contributed by atoms with van der Waals surface area (Å²) < 4.78 is 2.59. The number of rotatable bonds is 4. The maximum atomic E-state index is 11.1. The van der Waals surface area contributed by atoms with Crippen LogP contribution in [-0.2, 0) is 4.79 Å². The zero-order chi connectivity index (χ0) is 14.0. The van der Waals surface area contributed by atoms with E-state index in [0.717, 1.165) is 9.13 Å². The number of nitrogens with zero attached hydrogens (tertiary/aromatic N) is 4. The van der Waals surface area contributed by atoms with Crippen LogP contribution < -0.4 is 0 Å². The van der Waals surface area contributed by atoms with Crippen LogP contribution in [0.25, 0.3) is 11.4 Å². The molecule has 2 unspecified atom stereocenters. The number of aromatic nitrogens is 4. The first-order valence-electron chi connectivity index (χ1n) is 5.78. The largest absolute Gasteiger partial charge is 0.481 e. The van der Waals surface area contributed by atoms with Crippen LogP contribution in [0.4, 0.5) is 0 Å². The van der Waals surface area contributed by atoms with E-state index in [4.69, 9.17) is 5.11 Å². The van der Waals surface area contributed by atoms with Crippen molar-refractivity contribution in [3.8, 4) is 11.4 Å². The first-order chi connectivity index (χ1) is 9.02. The van der Waals surface area contributed by atoms with E-state index in [2.05, 4.69) is 38.1 Å². The van der Waals surface area contributed by atoms with Crippen LogP contribution in [0.2, 0.25) is 0 Å². The SMILES string of the molecule is CC(C(=O)O)C(C)n1nnnc1-c1ccccc1I. The lowest BCUT2D eigenvalue weighted by atomic mass is 10.0. The number of hydrogen-bond donors (Lipinski definition) is 1. The minimum atomic E-state index is -0.864. The Balaban J connectivity index is 2.44. The molecule has 1 heterocycles. The maximum absolute atomic E-state index is 11.1. The summed E-state index contributed by atoms with van der Waals surface area (Å²) in [6, 6.07) is 7.39. The third kappa shape index (κ3) is 2.75. The molecule has 2 atom stereocenters. The molecule has 1 N–H and O–H groups in total. The molecule has 0 saturated carbocycles. The van der Waals surface area contributed by atoms with Gasteiger partial charge in [-0.15, -0.1) is 5.10 Å². The molecular weight excluding hydrogens is 359 g/mol. The molecular formula is C12H13IN4O2. The van der Waals surface area contributed by atoms with Crippen molar-refractivity contribution in [2.24, 2.45) is 5.92 Å². The Morgan fingerprint density at radius 2 is 2.05 bits per heavy atom. The summed E-state index contributed by atoms with van der Waals surface area (Å²) in [5.41, 5.74) is 0.900. The Morgan fingerprint density at radius 3 is 2.68 bits per heavy atom. The average Bonchev–Trinajstić information content (AvgIpc) is 2.86. The zero-order valence-electron chi connectivity index (χ0n) is 10.5. The quantitative estimate of drug-likeness (QED) is 0.833. The van der Waals surface area contributed by atoms with E-state index >= 15 is 0 Å². The van der Waals surface area contributed by atoms with Crippen molar-refractivity contribution in [1.82, 2.24) is 20.2 Å². The molecule has 0 saturated heterocycles. The molecule has 0 radical (unpaired) electrons. The predicted molar refractivity (Wildman–Crippen MR) is 77.5 cm³/mol. The van der Waals surface area contributed by atoms with E-state index in [1.807, 2.05) is 24.3 Å². The van der Waals surface area contributed by atoms with E-state index < -0.39 is 11.9 Å². The Kier molecular flexibility index (Phi) is 4.13. The summed E-state index contributed by atoms with van der Waals surface area (Å²) >= 11 is 2.21. The van der Waals surface area contributed by atoms with Gasteiger partial charge in [-0.2, -0.15) is 0 Å². The second-order valence-corrected chi connectivity index (χ2v) is 5.46. The summed E-state index contributed by atoms with van der Waals surface area (Å²) in [6.45, 7) is 3.45. The Morgan fingerprint density at radius 1 is 1.37 bits per heavy atom. The summed E-state index contributed by atoms with van der Waals surface area (Å²) in [5.74, 6) is -0.842. The fraction of sp³-hybridized carbons (Fsp3) is 0.333. The molecule has 6 nitrogen and oxygen atoms in total. The fourth-order valence-corrected chi connectivity index (χ4v) is 2.33. The molecule has 0 fully saturated rings. The van der Waals surface area contributed by atoms with Gasteiger partial charge in [0.2, 0.25) is 0 Å². The minimum Gasteiger partial charge on any atom is -0.481 e. The van der Waals surface area contributed by atoms with Gasteiger partial charge in [-0.1, -0.05) is 18.2 Å². The summed E-state index contributed by atoms with van der Waals surface area (Å²) in [7, 11) is 0. The van der Waals surface area contributed by atoms with Gasteiger partial charge >= 0.3 is 5.97 Å². The van der Waals surface area contributed by atoms with Crippen LogP contribution >= 0.6 is 22.6 Å². The third-order valence-corrected chi connectivity index (χ3v) is 4.05. The van der Waals surface area contributed by atoms with Gasteiger partial charge in [0, 0.05) is 9.13 Å². The van der Waals surface area contributed by atoms with Crippen molar-refractivity contribution in [3.63, 3.8) is 0 Å². The van der Waals surface area contributed by atoms with Crippen LogP contribution in [0.3, 0.4) is 0 Å². The molecule has 0 bridgehead atoms. The standard InChI is InChI=1S/C12H13IN4O2/c1-7(12(18)19)8(2)17-11(14-15-16-17)9-5-3-4-6-10(9)13/h3-8H,1-2H3,(H,18,19). The molecule has 1 aromatic heterocycles. The van der Waals surface area contributed by atoms with E-state index in [0.29, 0.717) is 5.82 Å². The molecule has 0 aliphatic rings. The highest BCUT2D eigenvalue weighted by atomic mass is 127. The maximum Gasteiger partial charge on any atom is 0.308 e. The first kappa shape index (κ1) is 13.9. The number of carbonyl (C=O) groups is 1. The van der Waals surface area contributed by atoms with Gasteiger partial charge in [-0.05, 0) is 52.9 Å². The monoisotopic (exact) mass is 372 g/mol. The minimum absolute atomic E-state index is 0.321. The Bertz CT molecular complexity index is 599. The number of aliphatic carboxylic acids is 1. The lowest BCUT2D eigenvalue weighted by Crippen LogP contribution is -2.23. The smallest absolute Gasteiger partial charge is 0.308 e. The molecule has 0 aliphatic carbocycles. The lowest BCUT2D eigenvalue weighted by Gasteiger charge is -2.17. The van der Waals surface area contributed by atoms with Crippen molar-refractivity contribution >= 4 is 28.6 Å². The normalized spacial score (nSPS) is 14.1. The van der Waals surface area contributed by atoms with E-state index in [1.165, 1.54) is 0 Å².